The molecule has 0 saturated heterocycles. The number of halogens is 2. The first-order chi connectivity index (χ1) is 14.0. The number of carbonyl (C=O) groups excluding carboxylic acids is 1. The Kier molecular flexibility index (Phi) is 6.26. The summed E-state index contributed by atoms with van der Waals surface area (Å²) in [4.78, 5) is 18.3. The molecule has 0 atom stereocenters. The summed E-state index contributed by atoms with van der Waals surface area (Å²) in [5.74, 6) is 0.307. The Hall–Kier alpha value is -1.84. The van der Waals surface area contributed by atoms with Crippen LogP contribution in [0, 0.1) is 16.4 Å². The Bertz CT molecular complexity index is 1030. The maximum absolute atomic E-state index is 12.8. The number of hydrogen-bond donors (Lipinski definition) is 2. The number of hydrogen-bond acceptors (Lipinski definition) is 3. The van der Waals surface area contributed by atoms with Crippen LogP contribution in [0.1, 0.15) is 28.8 Å². The molecular formula is C22H21BrIN3O2. The molecular weight excluding hydrogens is 545 g/mol. The van der Waals surface area contributed by atoms with E-state index < -0.39 is 0 Å². The van der Waals surface area contributed by atoms with Gasteiger partial charge in [0.25, 0.3) is 5.91 Å². The van der Waals surface area contributed by atoms with Crippen molar-refractivity contribution in [3.63, 3.8) is 0 Å². The van der Waals surface area contributed by atoms with Gasteiger partial charge in [0, 0.05) is 26.1 Å². The molecule has 1 saturated carbocycles. The maximum atomic E-state index is 12.8. The van der Waals surface area contributed by atoms with Crippen LogP contribution in [0.3, 0.4) is 0 Å². The Morgan fingerprint density at radius 1 is 1.21 bits per heavy atom. The van der Waals surface area contributed by atoms with Crippen molar-refractivity contribution >= 4 is 55.8 Å². The molecule has 0 spiro atoms. The third kappa shape index (κ3) is 5.02. The molecule has 3 aromatic rings. The van der Waals surface area contributed by atoms with Gasteiger partial charge in [-0.2, -0.15) is 0 Å². The Labute approximate surface area is 192 Å². The highest BCUT2D eigenvalue weighted by Crippen LogP contribution is 2.32. The monoisotopic (exact) mass is 565 g/mol. The van der Waals surface area contributed by atoms with Crippen LogP contribution in [-0.4, -0.2) is 17.1 Å². The highest BCUT2D eigenvalue weighted by atomic mass is 127. The molecule has 1 fully saturated rings. The fourth-order valence-electron chi connectivity index (χ4n) is 3.02. The third-order valence-corrected chi connectivity index (χ3v) is 6.16. The van der Waals surface area contributed by atoms with E-state index in [1.165, 1.54) is 16.4 Å². The number of rotatable bonds is 7. The van der Waals surface area contributed by atoms with Gasteiger partial charge in [-0.15, -0.1) is 0 Å². The standard InChI is InChI=1S/C22H21BrIN3O2/c1-14-10-16(24)6-7-19(14)25-20-12-21(27-8-2-3-9-27)18(23)11-17(20)22(28)26-29-13-15-4-5-15/h2-3,6-12,15,25H,4-5,13H2,1H3,(H,26,28). The fourth-order valence-corrected chi connectivity index (χ4v) is 4.22. The maximum Gasteiger partial charge on any atom is 0.276 e. The van der Waals surface area contributed by atoms with Gasteiger partial charge in [-0.3, -0.25) is 9.63 Å². The third-order valence-electron chi connectivity index (χ3n) is 4.85. The van der Waals surface area contributed by atoms with Crippen molar-refractivity contribution in [1.82, 2.24) is 10.0 Å². The molecule has 2 N–H and O–H groups in total. The van der Waals surface area contributed by atoms with Gasteiger partial charge in [-0.25, -0.2) is 5.48 Å². The fraction of sp³-hybridized carbons (Fsp3) is 0.227. The molecule has 29 heavy (non-hydrogen) atoms. The SMILES string of the molecule is Cc1cc(I)ccc1Nc1cc(-n2cccc2)c(Br)cc1C(=O)NOCC1CC1. The number of amides is 1. The highest BCUT2D eigenvalue weighted by Gasteiger charge is 2.23. The van der Waals surface area contributed by atoms with Crippen molar-refractivity contribution in [3.8, 4) is 5.69 Å². The quantitative estimate of drug-likeness (QED) is 0.274. The van der Waals surface area contributed by atoms with Crippen LogP contribution in [0.25, 0.3) is 5.69 Å². The minimum Gasteiger partial charge on any atom is -0.355 e. The smallest absolute Gasteiger partial charge is 0.276 e. The average Bonchev–Trinajstić information content (AvgIpc) is 3.35. The van der Waals surface area contributed by atoms with Crippen molar-refractivity contribution in [3.05, 3.63) is 74.0 Å². The van der Waals surface area contributed by atoms with Crippen molar-refractivity contribution in [2.45, 2.75) is 19.8 Å². The number of nitrogens with zero attached hydrogens (tertiary/aromatic N) is 1. The number of benzene rings is 2. The van der Waals surface area contributed by atoms with Gasteiger partial charge in [0.15, 0.2) is 0 Å². The summed E-state index contributed by atoms with van der Waals surface area (Å²) in [5.41, 5.74) is 6.83. The summed E-state index contributed by atoms with van der Waals surface area (Å²) in [6.07, 6.45) is 6.29. The second kappa shape index (κ2) is 8.89. The number of anilines is 2. The molecule has 2 aromatic carbocycles. The van der Waals surface area contributed by atoms with Crippen LogP contribution in [0.5, 0.6) is 0 Å². The van der Waals surface area contributed by atoms with E-state index in [-0.39, 0.29) is 5.91 Å². The number of aryl methyl sites for hydroxylation is 1. The van der Waals surface area contributed by atoms with Crippen molar-refractivity contribution in [2.75, 3.05) is 11.9 Å². The van der Waals surface area contributed by atoms with Gasteiger partial charge in [0.2, 0.25) is 0 Å². The first kappa shape index (κ1) is 20.4. The second-order valence-electron chi connectivity index (χ2n) is 7.21. The van der Waals surface area contributed by atoms with E-state index in [2.05, 4.69) is 62.3 Å². The number of hydroxylamine groups is 1. The number of aromatic nitrogens is 1. The van der Waals surface area contributed by atoms with Crippen molar-refractivity contribution < 1.29 is 9.63 Å². The molecule has 1 aliphatic rings. The predicted octanol–water partition coefficient (Wildman–Crippen LogP) is 5.97. The molecule has 5 nitrogen and oxygen atoms in total. The first-order valence-corrected chi connectivity index (χ1v) is 11.3. The molecule has 0 aliphatic heterocycles. The zero-order valence-electron chi connectivity index (χ0n) is 15.9. The Morgan fingerprint density at radius 2 is 1.97 bits per heavy atom. The molecule has 0 unspecified atom stereocenters. The first-order valence-electron chi connectivity index (χ1n) is 9.43. The Morgan fingerprint density at radius 3 is 2.66 bits per heavy atom. The lowest BCUT2D eigenvalue weighted by Gasteiger charge is -2.17. The van der Waals surface area contributed by atoms with Gasteiger partial charge in [-0.05, 0) is 112 Å². The molecule has 1 heterocycles. The summed E-state index contributed by atoms with van der Waals surface area (Å²) in [7, 11) is 0. The summed E-state index contributed by atoms with van der Waals surface area (Å²) >= 11 is 5.91. The lowest BCUT2D eigenvalue weighted by atomic mass is 10.1. The average molecular weight is 566 g/mol. The largest absolute Gasteiger partial charge is 0.355 e. The van der Waals surface area contributed by atoms with Gasteiger partial charge in [-0.1, -0.05) is 0 Å². The van der Waals surface area contributed by atoms with E-state index in [1.54, 1.807) is 0 Å². The lowest BCUT2D eigenvalue weighted by Crippen LogP contribution is -2.25. The van der Waals surface area contributed by atoms with Crippen LogP contribution in [-0.2, 0) is 4.84 Å². The van der Waals surface area contributed by atoms with Gasteiger partial charge in [0.1, 0.15) is 0 Å². The minimum absolute atomic E-state index is 0.268. The van der Waals surface area contributed by atoms with Crippen molar-refractivity contribution in [2.24, 2.45) is 5.92 Å². The minimum atomic E-state index is -0.268. The van der Waals surface area contributed by atoms with E-state index in [0.717, 1.165) is 21.4 Å². The molecule has 0 bridgehead atoms. The molecule has 4 rings (SSSR count). The molecule has 0 radical (unpaired) electrons. The summed E-state index contributed by atoms with van der Waals surface area (Å²) in [5, 5.41) is 3.44. The summed E-state index contributed by atoms with van der Waals surface area (Å²) < 4.78 is 3.99. The van der Waals surface area contributed by atoms with Gasteiger partial charge in [0.05, 0.1) is 23.5 Å². The molecule has 7 heteroatoms. The summed E-state index contributed by atoms with van der Waals surface area (Å²) in [6, 6.07) is 13.9. The number of carbonyl (C=O) groups is 1. The van der Waals surface area contributed by atoms with Gasteiger partial charge >= 0.3 is 0 Å². The van der Waals surface area contributed by atoms with Crippen LogP contribution in [0.15, 0.2) is 59.3 Å². The Balaban J connectivity index is 1.67. The number of nitrogens with one attached hydrogen (secondary N) is 2. The lowest BCUT2D eigenvalue weighted by molar-refractivity contribution is 0.0271. The molecule has 1 aromatic heterocycles. The highest BCUT2D eigenvalue weighted by molar-refractivity contribution is 14.1. The predicted molar refractivity (Wildman–Crippen MR) is 127 cm³/mol. The topological polar surface area (TPSA) is 55.3 Å². The van der Waals surface area contributed by atoms with Crippen molar-refractivity contribution in [1.29, 1.82) is 0 Å². The van der Waals surface area contributed by atoms with Gasteiger partial charge < -0.3 is 9.88 Å². The molecule has 1 aliphatic carbocycles. The normalized spacial score (nSPS) is 13.3. The van der Waals surface area contributed by atoms with Crippen LogP contribution < -0.4 is 10.8 Å². The zero-order valence-corrected chi connectivity index (χ0v) is 19.7. The zero-order chi connectivity index (χ0) is 20.4. The van der Waals surface area contributed by atoms with E-state index in [1.807, 2.05) is 53.4 Å². The van der Waals surface area contributed by atoms with Crippen LogP contribution in [0.2, 0.25) is 0 Å². The van der Waals surface area contributed by atoms with Crippen LogP contribution >= 0.6 is 38.5 Å². The summed E-state index contributed by atoms with van der Waals surface area (Å²) in [6.45, 7) is 2.61. The molecule has 1 amide bonds. The van der Waals surface area contributed by atoms with E-state index in [0.29, 0.717) is 23.8 Å². The second-order valence-corrected chi connectivity index (χ2v) is 9.31. The van der Waals surface area contributed by atoms with E-state index >= 15 is 0 Å². The van der Waals surface area contributed by atoms with E-state index in [9.17, 15) is 4.79 Å². The molecule has 150 valence electrons. The van der Waals surface area contributed by atoms with Crippen LogP contribution in [0.4, 0.5) is 11.4 Å². The van der Waals surface area contributed by atoms with E-state index in [4.69, 9.17) is 4.84 Å².